The van der Waals surface area contributed by atoms with Crippen molar-refractivity contribution in [2.24, 2.45) is 5.10 Å². The van der Waals surface area contributed by atoms with E-state index in [1.54, 1.807) is 6.21 Å². The molecule has 0 fully saturated rings. The third kappa shape index (κ3) is 4.65. The second-order valence-corrected chi connectivity index (χ2v) is 5.25. The number of aromatic nitrogens is 1. The van der Waals surface area contributed by atoms with Crippen LogP contribution in [0.1, 0.15) is 22.5 Å². The summed E-state index contributed by atoms with van der Waals surface area (Å²) in [6.07, 6.45) is 1.64. The molecule has 2 N–H and O–H groups in total. The van der Waals surface area contributed by atoms with Crippen LogP contribution in [0.2, 0.25) is 0 Å². The molecule has 4 nitrogen and oxygen atoms in total. The van der Waals surface area contributed by atoms with Crippen molar-refractivity contribution in [1.82, 2.24) is 10.4 Å². The van der Waals surface area contributed by atoms with Gasteiger partial charge in [-0.1, -0.05) is 23.8 Å². The van der Waals surface area contributed by atoms with E-state index in [1.165, 1.54) is 5.56 Å². The molecular formula is C16H18N4S. The number of rotatable bonds is 3. The van der Waals surface area contributed by atoms with Crippen LogP contribution in [0.5, 0.6) is 0 Å². The molecule has 2 rings (SSSR count). The van der Waals surface area contributed by atoms with Crippen molar-refractivity contribution in [2.75, 3.05) is 5.32 Å². The van der Waals surface area contributed by atoms with Gasteiger partial charge in [0.2, 0.25) is 0 Å². The summed E-state index contributed by atoms with van der Waals surface area (Å²) >= 11 is 5.21. The molecule has 1 heterocycles. The first-order valence-corrected chi connectivity index (χ1v) is 7.06. The maximum atomic E-state index is 5.21. The highest BCUT2D eigenvalue weighted by atomic mass is 32.1. The van der Waals surface area contributed by atoms with Crippen molar-refractivity contribution in [3.8, 4) is 0 Å². The molecule has 108 valence electrons. The SMILES string of the molecule is Cc1ccc(NC(=S)NN=Cc2cccc(C)n2)c(C)c1. The smallest absolute Gasteiger partial charge is 0.191 e. The number of hydrogen-bond donors (Lipinski definition) is 2. The highest BCUT2D eigenvalue weighted by Crippen LogP contribution is 2.15. The van der Waals surface area contributed by atoms with E-state index in [-0.39, 0.29) is 0 Å². The number of nitrogens with one attached hydrogen (secondary N) is 2. The third-order valence-electron chi connectivity index (χ3n) is 2.90. The average molecular weight is 298 g/mol. The summed E-state index contributed by atoms with van der Waals surface area (Å²) in [5.41, 5.74) is 7.87. The predicted molar refractivity (Wildman–Crippen MR) is 91.8 cm³/mol. The maximum Gasteiger partial charge on any atom is 0.191 e. The average Bonchev–Trinajstić information content (AvgIpc) is 2.42. The highest BCUT2D eigenvalue weighted by Gasteiger charge is 2.00. The summed E-state index contributed by atoms with van der Waals surface area (Å²) < 4.78 is 0. The Morgan fingerprint density at radius 2 is 2.00 bits per heavy atom. The Kier molecular flexibility index (Phi) is 5.00. The van der Waals surface area contributed by atoms with Crippen LogP contribution >= 0.6 is 12.2 Å². The van der Waals surface area contributed by atoms with E-state index in [2.05, 4.69) is 33.8 Å². The Morgan fingerprint density at radius 3 is 2.71 bits per heavy atom. The van der Waals surface area contributed by atoms with Gasteiger partial charge in [0.1, 0.15) is 0 Å². The van der Waals surface area contributed by atoms with Crippen molar-refractivity contribution >= 4 is 29.2 Å². The van der Waals surface area contributed by atoms with E-state index >= 15 is 0 Å². The minimum atomic E-state index is 0.450. The van der Waals surface area contributed by atoms with Crippen LogP contribution in [0.4, 0.5) is 5.69 Å². The van der Waals surface area contributed by atoms with Gasteiger partial charge in [-0.05, 0) is 56.8 Å². The topological polar surface area (TPSA) is 49.3 Å². The zero-order chi connectivity index (χ0) is 15.2. The molecule has 1 aromatic heterocycles. The summed E-state index contributed by atoms with van der Waals surface area (Å²) in [5.74, 6) is 0. The summed E-state index contributed by atoms with van der Waals surface area (Å²) in [6, 6.07) is 11.9. The van der Waals surface area contributed by atoms with E-state index in [9.17, 15) is 0 Å². The number of pyridine rings is 1. The Labute approximate surface area is 130 Å². The number of hydrogen-bond acceptors (Lipinski definition) is 3. The molecule has 1 aromatic carbocycles. The van der Waals surface area contributed by atoms with Crippen LogP contribution in [0, 0.1) is 20.8 Å². The van der Waals surface area contributed by atoms with Gasteiger partial charge in [0.05, 0.1) is 11.9 Å². The number of aryl methyl sites for hydroxylation is 3. The number of nitrogens with zero attached hydrogens (tertiary/aromatic N) is 2. The van der Waals surface area contributed by atoms with E-state index in [1.807, 2.05) is 44.2 Å². The minimum absolute atomic E-state index is 0.450. The first-order valence-electron chi connectivity index (χ1n) is 6.65. The largest absolute Gasteiger partial charge is 0.331 e. The zero-order valence-corrected chi connectivity index (χ0v) is 13.2. The van der Waals surface area contributed by atoms with Gasteiger partial charge in [0.15, 0.2) is 5.11 Å². The van der Waals surface area contributed by atoms with Crippen molar-refractivity contribution in [1.29, 1.82) is 0 Å². The quantitative estimate of drug-likeness (QED) is 0.518. The lowest BCUT2D eigenvalue weighted by molar-refractivity contribution is 1.04. The molecule has 0 aliphatic heterocycles. The molecule has 5 heteroatoms. The molecule has 21 heavy (non-hydrogen) atoms. The molecule has 0 spiro atoms. The number of anilines is 1. The highest BCUT2D eigenvalue weighted by molar-refractivity contribution is 7.80. The normalized spacial score (nSPS) is 10.6. The Balaban J connectivity index is 1.93. The van der Waals surface area contributed by atoms with Crippen molar-refractivity contribution < 1.29 is 0 Å². The fourth-order valence-electron chi connectivity index (χ4n) is 1.90. The second kappa shape index (κ2) is 6.95. The Morgan fingerprint density at radius 1 is 1.19 bits per heavy atom. The summed E-state index contributed by atoms with van der Waals surface area (Å²) in [4.78, 5) is 4.32. The number of thiocarbonyl (C=S) groups is 1. The maximum absolute atomic E-state index is 5.21. The number of hydrazone groups is 1. The van der Waals surface area contributed by atoms with Crippen LogP contribution in [-0.2, 0) is 0 Å². The fraction of sp³-hybridized carbons (Fsp3) is 0.188. The summed E-state index contributed by atoms with van der Waals surface area (Å²) in [5, 5.41) is 7.66. The summed E-state index contributed by atoms with van der Waals surface area (Å²) in [7, 11) is 0. The van der Waals surface area contributed by atoms with Crippen molar-refractivity contribution in [3.05, 3.63) is 58.9 Å². The van der Waals surface area contributed by atoms with Crippen LogP contribution in [-0.4, -0.2) is 16.3 Å². The first-order chi connectivity index (χ1) is 10.0. The van der Waals surface area contributed by atoms with Gasteiger partial charge < -0.3 is 5.32 Å². The van der Waals surface area contributed by atoms with Gasteiger partial charge in [0.25, 0.3) is 0 Å². The van der Waals surface area contributed by atoms with Crippen LogP contribution in [0.3, 0.4) is 0 Å². The lowest BCUT2D eigenvalue weighted by Crippen LogP contribution is -2.24. The molecule has 0 aliphatic rings. The third-order valence-corrected chi connectivity index (χ3v) is 3.10. The Bertz CT molecular complexity index is 680. The van der Waals surface area contributed by atoms with Crippen molar-refractivity contribution in [3.63, 3.8) is 0 Å². The minimum Gasteiger partial charge on any atom is -0.331 e. The number of benzene rings is 1. The predicted octanol–water partition coefficient (Wildman–Crippen LogP) is 3.33. The van der Waals surface area contributed by atoms with E-state index < -0.39 is 0 Å². The van der Waals surface area contributed by atoms with Gasteiger partial charge in [-0.2, -0.15) is 5.10 Å². The molecule has 0 amide bonds. The molecule has 0 saturated carbocycles. The molecule has 0 aliphatic carbocycles. The van der Waals surface area contributed by atoms with E-state index in [0.29, 0.717) is 5.11 Å². The van der Waals surface area contributed by atoms with Crippen LogP contribution in [0.25, 0.3) is 0 Å². The molecule has 0 unspecified atom stereocenters. The van der Waals surface area contributed by atoms with Gasteiger partial charge in [0, 0.05) is 11.4 Å². The standard InChI is InChI=1S/C16H18N4S/c1-11-7-8-15(12(2)9-11)19-16(21)20-17-10-14-6-4-5-13(3)18-14/h4-10H,1-3H3,(H2,19,20,21). The molecule has 0 bridgehead atoms. The lowest BCUT2D eigenvalue weighted by atomic mass is 10.1. The second-order valence-electron chi connectivity index (χ2n) is 4.85. The first kappa shape index (κ1) is 15.1. The Hall–Kier alpha value is -2.27. The molecule has 2 aromatic rings. The van der Waals surface area contributed by atoms with Gasteiger partial charge >= 0.3 is 0 Å². The van der Waals surface area contributed by atoms with Crippen molar-refractivity contribution in [2.45, 2.75) is 20.8 Å². The lowest BCUT2D eigenvalue weighted by Gasteiger charge is -2.10. The van der Waals surface area contributed by atoms with Gasteiger partial charge in [-0.25, -0.2) is 0 Å². The molecule has 0 saturated heterocycles. The van der Waals surface area contributed by atoms with E-state index in [0.717, 1.165) is 22.6 Å². The fourth-order valence-corrected chi connectivity index (χ4v) is 2.06. The molecule has 0 atom stereocenters. The molecule has 0 radical (unpaired) electrons. The summed E-state index contributed by atoms with van der Waals surface area (Å²) in [6.45, 7) is 6.04. The monoisotopic (exact) mass is 298 g/mol. The van der Waals surface area contributed by atoms with Crippen LogP contribution in [0.15, 0.2) is 41.5 Å². The van der Waals surface area contributed by atoms with Gasteiger partial charge in [-0.15, -0.1) is 0 Å². The molecular weight excluding hydrogens is 280 g/mol. The zero-order valence-electron chi connectivity index (χ0n) is 12.3. The van der Waals surface area contributed by atoms with E-state index in [4.69, 9.17) is 12.2 Å². The van der Waals surface area contributed by atoms with Gasteiger partial charge in [-0.3, -0.25) is 10.4 Å². The van der Waals surface area contributed by atoms with Crippen LogP contribution < -0.4 is 10.7 Å².